The third-order valence-corrected chi connectivity index (χ3v) is 3.38. The van der Waals surface area contributed by atoms with Crippen LogP contribution in [0.4, 0.5) is 0 Å². The van der Waals surface area contributed by atoms with Gasteiger partial charge in [0.2, 0.25) is 0 Å². The van der Waals surface area contributed by atoms with Crippen LogP contribution < -0.4 is 10.1 Å². The highest BCUT2D eigenvalue weighted by Gasteiger charge is 2.14. The zero-order chi connectivity index (χ0) is 13.7. The van der Waals surface area contributed by atoms with Gasteiger partial charge in [-0.05, 0) is 30.0 Å². The number of ether oxygens (including phenoxy) is 1. The Morgan fingerprint density at radius 2 is 1.89 bits per heavy atom. The van der Waals surface area contributed by atoms with E-state index in [1.807, 2.05) is 18.2 Å². The maximum Gasteiger partial charge on any atom is 0.126 e. The molecule has 0 heterocycles. The van der Waals surface area contributed by atoms with Crippen LogP contribution in [0.1, 0.15) is 24.9 Å². The number of nitrogens with one attached hydrogen (secondary N) is 1. The summed E-state index contributed by atoms with van der Waals surface area (Å²) in [7, 11) is 1.69. The van der Waals surface area contributed by atoms with E-state index >= 15 is 0 Å². The maximum atomic E-state index is 9.23. The fourth-order valence-corrected chi connectivity index (χ4v) is 2.52. The van der Waals surface area contributed by atoms with Crippen LogP contribution in [0, 0.1) is 0 Å². The molecular formula is C16H21NO2. The van der Waals surface area contributed by atoms with Gasteiger partial charge in [0, 0.05) is 18.0 Å². The molecule has 0 aliphatic rings. The molecule has 0 bridgehead atoms. The van der Waals surface area contributed by atoms with Crippen molar-refractivity contribution in [3.63, 3.8) is 0 Å². The molecule has 102 valence electrons. The van der Waals surface area contributed by atoms with Gasteiger partial charge in [0.25, 0.3) is 0 Å². The number of rotatable bonds is 6. The first-order valence-corrected chi connectivity index (χ1v) is 6.71. The van der Waals surface area contributed by atoms with Crippen LogP contribution in [0.2, 0.25) is 0 Å². The minimum absolute atomic E-state index is 0.172. The van der Waals surface area contributed by atoms with Gasteiger partial charge >= 0.3 is 0 Å². The Morgan fingerprint density at radius 3 is 2.53 bits per heavy atom. The quantitative estimate of drug-likeness (QED) is 0.838. The first kappa shape index (κ1) is 13.8. The van der Waals surface area contributed by atoms with Gasteiger partial charge in [0.1, 0.15) is 5.75 Å². The van der Waals surface area contributed by atoms with Crippen LogP contribution in [0.3, 0.4) is 0 Å². The summed E-state index contributed by atoms with van der Waals surface area (Å²) >= 11 is 0. The Kier molecular flexibility index (Phi) is 4.77. The molecule has 2 N–H and O–H groups in total. The summed E-state index contributed by atoms with van der Waals surface area (Å²) in [6.45, 7) is 3.14. The topological polar surface area (TPSA) is 41.5 Å². The third-order valence-electron chi connectivity index (χ3n) is 3.38. The molecule has 3 nitrogen and oxygen atoms in total. The number of fused-ring (bicyclic) bond motifs is 1. The van der Waals surface area contributed by atoms with Crippen molar-refractivity contribution in [2.75, 3.05) is 20.3 Å². The molecule has 0 saturated carbocycles. The van der Waals surface area contributed by atoms with E-state index in [9.17, 15) is 5.11 Å². The fraction of sp³-hybridized carbons (Fsp3) is 0.375. The molecule has 0 radical (unpaired) electrons. The second kappa shape index (κ2) is 6.55. The number of aliphatic hydroxyl groups excluding tert-OH is 1. The monoisotopic (exact) mass is 259 g/mol. The molecule has 19 heavy (non-hydrogen) atoms. The van der Waals surface area contributed by atoms with Gasteiger partial charge < -0.3 is 15.2 Å². The van der Waals surface area contributed by atoms with Crippen molar-refractivity contribution in [2.45, 2.75) is 19.4 Å². The van der Waals surface area contributed by atoms with Crippen molar-refractivity contribution < 1.29 is 9.84 Å². The maximum absolute atomic E-state index is 9.23. The van der Waals surface area contributed by atoms with Gasteiger partial charge in [-0.25, -0.2) is 0 Å². The predicted molar refractivity (Wildman–Crippen MR) is 78.6 cm³/mol. The standard InChI is InChI=1S/C16H21NO2/c1-3-17-15(10-11-18)13-8-9-16(19-2)14-7-5-4-6-12(13)14/h4-9,15,17-18H,3,10-11H2,1-2H3. The van der Waals surface area contributed by atoms with E-state index in [2.05, 4.69) is 30.4 Å². The van der Waals surface area contributed by atoms with Crippen molar-refractivity contribution in [1.29, 1.82) is 0 Å². The first-order valence-electron chi connectivity index (χ1n) is 6.71. The number of hydrogen-bond donors (Lipinski definition) is 2. The Balaban J connectivity index is 2.53. The molecule has 2 aromatic rings. The molecule has 0 aliphatic carbocycles. The van der Waals surface area contributed by atoms with Crippen LogP contribution in [0.5, 0.6) is 5.75 Å². The first-order chi connectivity index (χ1) is 9.31. The van der Waals surface area contributed by atoms with Gasteiger partial charge in [-0.15, -0.1) is 0 Å². The average molecular weight is 259 g/mol. The van der Waals surface area contributed by atoms with Crippen molar-refractivity contribution >= 4 is 10.8 Å². The minimum Gasteiger partial charge on any atom is -0.496 e. The molecule has 1 unspecified atom stereocenters. The van der Waals surface area contributed by atoms with Crippen molar-refractivity contribution in [1.82, 2.24) is 5.32 Å². The molecule has 2 rings (SSSR count). The smallest absolute Gasteiger partial charge is 0.126 e. The van der Waals surface area contributed by atoms with Crippen LogP contribution >= 0.6 is 0 Å². The number of hydrogen-bond acceptors (Lipinski definition) is 3. The Bertz CT molecular complexity index is 533. The summed E-state index contributed by atoms with van der Waals surface area (Å²) in [5.74, 6) is 0.888. The zero-order valence-corrected chi connectivity index (χ0v) is 11.5. The molecule has 3 heteroatoms. The van der Waals surface area contributed by atoms with Gasteiger partial charge in [-0.1, -0.05) is 37.3 Å². The SMILES string of the molecule is CCNC(CCO)c1ccc(OC)c2ccccc12. The Labute approximate surface area is 114 Å². The minimum atomic E-state index is 0.172. The van der Waals surface area contributed by atoms with E-state index in [-0.39, 0.29) is 12.6 Å². The average Bonchev–Trinajstić information content (AvgIpc) is 2.46. The number of benzene rings is 2. The van der Waals surface area contributed by atoms with Crippen LogP contribution in [-0.4, -0.2) is 25.4 Å². The van der Waals surface area contributed by atoms with Crippen molar-refractivity contribution in [3.05, 3.63) is 42.0 Å². The summed E-state index contributed by atoms with van der Waals surface area (Å²) in [6, 6.07) is 12.5. The largest absolute Gasteiger partial charge is 0.496 e. The highest BCUT2D eigenvalue weighted by Crippen LogP contribution is 2.32. The highest BCUT2D eigenvalue weighted by molar-refractivity contribution is 5.91. The molecule has 0 fully saturated rings. The lowest BCUT2D eigenvalue weighted by Gasteiger charge is -2.20. The van der Waals surface area contributed by atoms with E-state index in [0.29, 0.717) is 6.42 Å². The Morgan fingerprint density at radius 1 is 1.16 bits per heavy atom. The molecular weight excluding hydrogens is 238 g/mol. The second-order valence-electron chi connectivity index (χ2n) is 4.53. The molecule has 0 amide bonds. The van der Waals surface area contributed by atoms with Crippen LogP contribution in [0.25, 0.3) is 10.8 Å². The molecule has 1 atom stereocenters. The lowest BCUT2D eigenvalue weighted by atomic mass is 9.96. The lowest BCUT2D eigenvalue weighted by molar-refractivity contribution is 0.267. The number of methoxy groups -OCH3 is 1. The summed E-state index contributed by atoms with van der Waals surface area (Å²) < 4.78 is 5.41. The molecule has 0 saturated heterocycles. The van der Waals surface area contributed by atoms with E-state index < -0.39 is 0 Å². The summed E-state index contributed by atoms with van der Waals surface area (Å²) in [5.41, 5.74) is 1.22. The van der Waals surface area contributed by atoms with Gasteiger partial charge in [-0.3, -0.25) is 0 Å². The summed E-state index contributed by atoms with van der Waals surface area (Å²) in [4.78, 5) is 0. The molecule has 0 aliphatic heterocycles. The van der Waals surface area contributed by atoms with E-state index in [4.69, 9.17) is 4.74 Å². The van der Waals surface area contributed by atoms with Crippen molar-refractivity contribution in [2.24, 2.45) is 0 Å². The predicted octanol–water partition coefficient (Wildman–Crippen LogP) is 2.88. The molecule has 0 aromatic heterocycles. The molecule has 2 aromatic carbocycles. The third kappa shape index (κ3) is 2.88. The normalized spacial score (nSPS) is 12.6. The van der Waals surface area contributed by atoms with E-state index in [0.717, 1.165) is 17.7 Å². The summed E-state index contributed by atoms with van der Waals surface area (Å²) in [5, 5.41) is 15.0. The van der Waals surface area contributed by atoms with Crippen LogP contribution in [0.15, 0.2) is 36.4 Å². The molecule has 0 spiro atoms. The van der Waals surface area contributed by atoms with Gasteiger partial charge in [0.05, 0.1) is 7.11 Å². The second-order valence-corrected chi connectivity index (χ2v) is 4.53. The van der Waals surface area contributed by atoms with Crippen LogP contribution in [-0.2, 0) is 0 Å². The fourth-order valence-electron chi connectivity index (χ4n) is 2.52. The van der Waals surface area contributed by atoms with Gasteiger partial charge in [0.15, 0.2) is 0 Å². The van der Waals surface area contributed by atoms with E-state index in [1.165, 1.54) is 10.9 Å². The van der Waals surface area contributed by atoms with E-state index in [1.54, 1.807) is 7.11 Å². The highest BCUT2D eigenvalue weighted by atomic mass is 16.5. The van der Waals surface area contributed by atoms with Crippen molar-refractivity contribution in [3.8, 4) is 5.75 Å². The lowest BCUT2D eigenvalue weighted by Crippen LogP contribution is -2.22. The van der Waals surface area contributed by atoms with Gasteiger partial charge in [-0.2, -0.15) is 0 Å². The Hall–Kier alpha value is -1.58. The number of aliphatic hydroxyl groups is 1. The summed E-state index contributed by atoms with van der Waals surface area (Å²) in [6.07, 6.45) is 0.712. The zero-order valence-electron chi connectivity index (χ0n) is 11.5.